The summed E-state index contributed by atoms with van der Waals surface area (Å²) < 4.78 is 1.75. The van der Waals surface area contributed by atoms with Crippen LogP contribution in [-0.2, 0) is 13.0 Å². The number of rotatable bonds is 4. The van der Waals surface area contributed by atoms with Crippen LogP contribution in [0, 0.1) is 11.3 Å². The molecule has 0 aliphatic carbocycles. The van der Waals surface area contributed by atoms with E-state index < -0.39 is 0 Å². The van der Waals surface area contributed by atoms with Crippen LogP contribution in [0.5, 0.6) is 0 Å². The molecule has 0 N–H and O–H groups in total. The first-order valence-corrected chi connectivity index (χ1v) is 4.00. The molecule has 1 aromatic heterocycles. The van der Waals surface area contributed by atoms with Crippen molar-refractivity contribution >= 4 is 0 Å². The quantitative estimate of drug-likeness (QED) is 0.610. The highest BCUT2D eigenvalue weighted by Crippen LogP contribution is 1.96. The number of nitriles is 1. The van der Waals surface area contributed by atoms with Crippen LogP contribution < -0.4 is 0 Å². The highest BCUT2D eigenvalue weighted by molar-refractivity contribution is 4.79. The van der Waals surface area contributed by atoms with E-state index in [1.165, 1.54) is 0 Å². The highest BCUT2D eigenvalue weighted by Gasteiger charge is 2.01. The molecule has 5 nitrogen and oxygen atoms in total. The normalized spacial score (nSPS) is 9.67. The fourth-order valence-electron chi connectivity index (χ4n) is 0.958. The van der Waals surface area contributed by atoms with Crippen molar-refractivity contribution in [2.45, 2.75) is 32.7 Å². The standard InChI is InChI=1S/C7H11N5/c1-2-7-9-10-11-12(7)6-4-3-5-8/h2-4,6H2,1H3. The molecule has 0 saturated carbocycles. The predicted molar refractivity (Wildman–Crippen MR) is 42.0 cm³/mol. The van der Waals surface area contributed by atoms with Crippen molar-refractivity contribution in [3.8, 4) is 6.07 Å². The lowest BCUT2D eigenvalue weighted by Crippen LogP contribution is -2.04. The van der Waals surface area contributed by atoms with Gasteiger partial charge >= 0.3 is 0 Å². The minimum Gasteiger partial charge on any atom is -0.230 e. The molecule has 0 atom stereocenters. The molecule has 0 unspecified atom stereocenters. The van der Waals surface area contributed by atoms with Crippen molar-refractivity contribution in [1.29, 1.82) is 5.26 Å². The van der Waals surface area contributed by atoms with Gasteiger partial charge in [-0.05, 0) is 16.8 Å². The van der Waals surface area contributed by atoms with Crippen LogP contribution in [-0.4, -0.2) is 20.2 Å². The molecule has 0 spiro atoms. The third-order valence-corrected chi connectivity index (χ3v) is 1.58. The molecular weight excluding hydrogens is 154 g/mol. The maximum absolute atomic E-state index is 8.31. The second-order valence-electron chi connectivity index (χ2n) is 2.43. The SMILES string of the molecule is CCc1nnnn1CCCC#N. The van der Waals surface area contributed by atoms with Crippen molar-refractivity contribution in [3.05, 3.63) is 5.82 Å². The summed E-state index contributed by atoms with van der Waals surface area (Å²) >= 11 is 0. The van der Waals surface area contributed by atoms with E-state index in [0.717, 1.165) is 25.2 Å². The summed E-state index contributed by atoms with van der Waals surface area (Å²) in [6.07, 6.45) is 2.21. The fraction of sp³-hybridized carbons (Fsp3) is 0.714. The Kier molecular flexibility index (Phi) is 3.20. The largest absolute Gasteiger partial charge is 0.230 e. The van der Waals surface area contributed by atoms with Gasteiger partial charge in [-0.25, -0.2) is 4.68 Å². The summed E-state index contributed by atoms with van der Waals surface area (Å²) in [4.78, 5) is 0. The lowest BCUT2D eigenvalue weighted by Gasteiger charge is -1.98. The Labute approximate surface area is 71.0 Å². The molecule has 12 heavy (non-hydrogen) atoms. The molecular formula is C7H11N5. The summed E-state index contributed by atoms with van der Waals surface area (Å²) in [7, 11) is 0. The van der Waals surface area contributed by atoms with Crippen LogP contribution in [0.2, 0.25) is 0 Å². The van der Waals surface area contributed by atoms with E-state index in [-0.39, 0.29) is 0 Å². The third-order valence-electron chi connectivity index (χ3n) is 1.58. The molecule has 1 heterocycles. The molecule has 0 bridgehead atoms. The number of unbranched alkanes of at least 4 members (excludes halogenated alkanes) is 1. The van der Waals surface area contributed by atoms with Gasteiger partial charge in [0, 0.05) is 19.4 Å². The first-order valence-electron chi connectivity index (χ1n) is 4.00. The van der Waals surface area contributed by atoms with Gasteiger partial charge in [-0.3, -0.25) is 0 Å². The van der Waals surface area contributed by atoms with E-state index in [9.17, 15) is 0 Å². The summed E-state index contributed by atoms with van der Waals surface area (Å²) in [6.45, 7) is 2.75. The Morgan fingerprint density at radius 1 is 1.58 bits per heavy atom. The summed E-state index contributed by atoms with van der Waals surface area (Å²) in [5.74, 6) is 0.882. The Balaban J connectivity index is 2.46. The van der Waals surface area contributed by atoms with Crippen molar-refractivity contribution in [2.24, 2.45) is 0 Å². The molecule has 0 saturated heterocycles. The first kappa shape index (κ1) is 8.65. The number of aromatic nitrogens is 4. The van der Waals surface area contributed by atoms with Crippen molar-refractivity contribution < 1.29 is 0 Å². The monoisotopic (exact) mass is 165 g/mol. The molecule has 0 aliphatic rings. The van der Waals surface area contributed by atoms with Gasteiger partial charge in [0.15, 0.2) is 5.82 Å². The minimum atomic E-state index is 0.559. The lowest BCUT2D eigenvalue weighted by molar-refractivity contribution is 0.545. The summed E-state index contributed by atoms with van der Waals surface area (Å²) in [6, 6.07) is 2.09. The molecule has 1 aromatic rings. The Hall–Kier alpha value is -1.44. The Morgan fingerprint density at radius 3 is 3.08 bits per heavy atom. The molecule has 0 radical (unpaired) electrons. The summed E-state index contributed by atoms with van der Waals surface area (Å²) in [5, 5.41) is 19.5. The number of tetrazole rings is 1. The van der Waals surface area contributed by atoms with Crippen molar-refractivity contribution in [2.75, 3.05) is 0 Å². The molecule has 0 aliphatic heterocycles. The van der Waals surface area contributed by atoms with Crippen molar-refractivity contribution in [1.82, 2.24) is 20.2 Å². The van der Waals surface area contributed by atoms with E-state index in [0.29, 0.717) is 6.42 Å². The lowest BCUT2D eigenvalue weighted by atomic mass is 10.3. The van der Waals surface area contributed by atoms with E-state index >= 15 is 0 Å². The molecule has 0 amide bonds. The Bertz CT molecular complexity index is 272. The molecule has 64 valence electrons. The van der Waals surface area contributed by atoms with Gasteiger partial charge in [-0.15, -0.1) is 5.10 Å². The maximum Gasteiger partial charge on any atom is 0.150 e. The Morgan fingerprint density at radius 2 is 2.42 bits per heavy atom. The van der Waals surface area contributed by atoms with Gasteiger partial charge in [0.1, 0.15) is 0 Å². The van der Waals surface area contributed by atoms with E-state index in [1.807, 2.05) is 6.92 Å². The van der Waals surface area contributed by atoms with Crippen LogP contribution in [0.15, 0.2) is 0 Å². The maximum atomic E-state index is 8.31. The van der Waals surface area contributed by atoms with Gasteiger partial charge in [-0.1, -0.05) is 6.92 Å². The van der Waals surface area contributed by atoms with Crippen LogP contribution >= 0.6 is 0 Å². The second-order valence-corrected chi connectivity index (χ2v) is 2.43. The van der Waals surface area contributed by atoms with Crippen LogP contribution in [0.25, 0.3) is 0 Å². The molecule has 0 fully saturated rings. The average molecular weight is 165 g/mol. The number of nitrogens with zero attached hydrogens (tertiary/aromatic N) is 5. The fourth-order valence-corrected chi connectivity index (χ4v) is 0.958. The number of hydrogen-bond donors (Lipinski definition) is 0. The van der Waals surface area contributed by atoms with Gasteiger partial charge in [-0.2, -0.15) is 5.26 Å². The zero-order chi connectivity index (χ0) is 8.81. The van der Waals surface area contributed by atoms with Gasteiger partial charge in [0.05, 0.1) is 6.07 Å². The van der Waals surface area contributed by atoms with Crippen LogP contribution in [0.4, 0.5) is 0 Å². The highest BCUT2D eigenvalue weighted by atomic mass is 15.5. The third kappa shape index (κ3) is 2.02. The van der Waals surface area contributed by atoms with Gasteiger partial charge < -0.3 is 0 Å². The zero-order valence-corrected chi connectivity index (χ0v) is 7.06. The van der Waals surface area contributed by atoms with E-state index in [1.54, 1.807) is 4.68 Å². The second kappa shape index (κ2) is 4.44. The van der Waals surface area contributed by atoms with Crippen molar-refractivity contribution in [3.63, 3.8) is 0 Å². The summed E-state index contributed by atoms with van der Waals surface area (Å²) in [5.41, 5.74) is 0. The van der Waals surface area contributed by atoms with Crippen LogP contribution in [0.1, 0.15) is 25.6 Å². The van der Waals surface area contributed by atoms with Gasteiger partial charge in [0.25, 0.3) is 0 Å². The van der Waals surface area contributed by atoms with E-state index in [4.69, 9.17) is 5.26 Å². The van der Waals surface area contributed by atoms with E-state index in [2.05, 4.69) is 21.6 Å². The number of aryl methyl sites for hydroxylation is 2. The predicted octanol–water partition coefficient (Wildman–Crippen LogP) is 0.539. The smallest absolute Gasteiger partial charge is 0.150 e. The topological polar surface area (TPSA) is 67.4 Å². The average Bonchev–Trinajstić information content (AvgIpc) is 2.52. The minimum absolute atomic E-state index is 0.559. The zero-order valence-electron chi connectivity index (χ0n) is 7.06. The molecule has 1 rings (SSSR count). The number of hydrogen-bond acceptors (Lipinski definition) is 4. The molecule has 0 aromatic carbocycles. The van der Waals surface area contributed by atoms with Gasteiger partial charge in [0.2, 0.25) is 0 Å². The molecule has 5 heteroatoms. The first-order chi connectivity index (χ1) is 5.88. The van der Waals surface area contributed by atoms with Crippen LogP contribution in [0.3, 0.4) is 0 Å².